The van der Waals surface area contributed by atoms with Crippen molar-refractivity contribution in [1.29, 1.82) is 0 Å². The Hall–Kier alpha value is -1.41. The van der Waals surface area contributed by atoms with Crippen molar-refractivity contribution >= 4 is 5.57 Å². The van der Waals surface area contributed by atoms with Crippen LogP contribution in [0.15, 0.2) is 42.5 Å². The largest absolute Gasteiger partial charge is 0.371 e. The number of hydrogen-bond acceptors (Lipinski definition) is 1. The van der Waals surface area contributed by atoms with E-state index < -0.39 is 0 Å². The summed E-state index contributed by atoms with van der Waals surface area (Å²) in [6, 6.07) is 6.97. The Morgan fingerprint density at radius 3 is 2.52 bits per heavy atom. The third-order valence-corrected chi connectivity index (χ3v) is 4.51. The average molecular weight is 316 g/mol. The van der Waals surface area contributed by atoms with E-state index in [0.717, 1.165) is 37.9 Å². The molecule has 0 radical (unpaired) electrons. The van der Waals surface area contributed by atoms with Crippen molar-refractivity contribution < 1.29 is 9.13 Å². The molecule has 23 heavy (non-hydrogen) atoms. The Bertz CT molecular complexity index is 535. The summed E-state index contributed by atoms with van der Waals surface area (Å²) in [6.07, 6.45) is 14.1. The summed E-state index contributed by atoms with van der Waals surface area (Å²) < 4.78 is 20.2. The van der Waals surface area contributed by atoms with Crippen molar-refractivity contribution in [2.45, 2.75) is 64.4 Å². The minimum absolute atomic E-state index is 0.159. The van der Waals surface area contributed by atoms with Gasteiger partial charge in [-0.2, -0.15) is 0 Å². The summed E-state index contributed by atoms with van der Waals surface area (Å²) in [5, 5.41) is 0. The van der Waals surface area contributed by atoms with Crippen LogP contribution in [0, 0.1) is 5.82 Å². The molecule has 1 aliphatic carbocycles. The van der Waals surface area contributed by atoms with Gasteiger partial charge in [0.05, 0.1) is 5.60 Å². The van der Waals surface area contributed by atoms with Crippen LogP contribution in [0.2, 0.25) is 0 Å². The second kappa shape index (κ2) is 9.02. The van der Waals surface area contributed by atoms with Crippen LogP contribution in [0.5, 0.6) is 0 Å². The molecule has 0 saturated heterocycles. The number of benzene rings is 1. The average Bonchev–Trinajstić information content (AvgIpc) is 2.57. The maximum Gasteiger partial charge on any atom is 0.131 e. The highest BCUT2D eigenvalue weighted by Gasteiger charge is 2.29. The zero-order valence-corrected chi connectivity index (χ0v) is 14.5. The van der Waals surface area contributed by atoms with Gasteiger partial charge in [0, 0.05) is 12.2 Å². The third-order valence-electron chi connectivity index (χ3n) is 4.51. The Labute approximate surface area is 140 Å². The predicted octanol–water partition coefficient (Wildman–Crippen LogP) is 6.30. The van der Waals surface area contributed by atoms with Gasteiger partial charge in [-0.05, 0) is 30.9 Å². The molecule has 0 saturated carbocycles. The van der Waals surface area contributed by atoms with Crippen LogP contribution in [0.3, 0.4) is 0 Å². The topological polar surface area (TPSA) is 9.23 Å². The van der Waals surface area contributed by atoms with E-state index in [1.54, 1.807) is 6.07 Å². The molecule has 0 amide bonds. The van der Waals surface area contributed by atoms with Crippen molar-refractivity contribution in [3.8, 4) is 0 Å². The highest BCUT2D eigenvalue weighted by Crippen LogP contribution is 2.34. The van der Waals surface area contributed by atoms with Crippen LogP contribution >= 0.6 is 0 Å². The smallest absolute Gasteiger partial charge is 0.131 e. The molecule has 1 aromatic carbocycles. The summed E-state index contributed by atoms with van der Waals surface area (Å²) in [5.74, 6) is -0.159. The highest BCUT2D eigenvalue weighted by molar-refractivity contribution is 5.75. The Kier molecular flexibility index (Phi) is 7.04. The van der Waals surface area contributed by atoms with Gasteiger partial charge in [0.1, 0.15) is 5.82 Å². The molecule has 126 valence electrons. The van der Waals surface area contributed by atoms with Gasteiger partial charge in [0.25, 0.3) is 0 Å². The molecule has 1 unspecified atom stereocenters. The van der Waals surface area contributed by atoms with Crippen molar-refractivity contribution in [1.82, 2.24) is 0 Å². The first-order valence-electron chi connectivity index (χ1n) is 8.99. The lowest BCUT2D eigenvalue weighted by Gasteiger charge is -2.33. The van der Waals surface area contributed by atoms with E-state index in [4.69, 9.17) is 4.74 Å². The molecule has 0 heterocycles. The van der Waals surface area contributed by atoms with E-state index in [-0.39, 0.29) is 11.4 Å². The Balaban J connectivity index is 2.08. The van der Waals surface area contributed by atoms with Crippen LogP contribution in [0.4, 0.5) is 4.39 Å². The second-order valence-electron chi connectivity index (χ2n) is 6.40. The van der Waals surface area contributed by atoms with E-state index in [1.165, 1.54) is 25.3 Å². The molecule has 1 aromatic rings. The van der Waals surface area contributed by atoms with E-state index in [1.807, 2.05) is 18.2 Å². The lowest BCUT2D eigenvalue weighted by atomic mass is 9.85. The van der Waals surface area contributed by atoms with Crippen LogP contribution in [0.1, 0.15) is 64.4 Å². The fraction of sp³-hybridized carbons (Fsp3) is 0.524. The standard InChI is InChI=1S/C21H29FO/c1-3-5-9-14-21(23-17-6-4-2)15-12-18(13-16-21)19-10-7-8-11-20(19)22/h7-8,10-13,15H,3-6,9,14,16-17H2,1-2H3. The molecule has 1 atom stereocenters. The van der Waals surface area contributed by atoms with Gasteiger partial charge in [0.15, 0.2) is 0 Å². The Morgan fingerprint density at radius 2 is 1.87 bits per heavy atom. The maximum absolute atomic E-state index is 14.0. The van der Waals surface area contributed by atoms with E-state index in [9.17, 15) is 4.39 Å². The normalized spacial score (nSPS) is 20.6. The molecule has 0 bridgehead atoms. The number of ether oxygens (including phenoxy) is 1. The first-order valence-corrected chi connectivity index (χ1v) is 8.99. The minimum Gasteiger partial charge on any atom is -0.371 e. The molecular weight excluding hydrogens is 287 g/mol. The first kappa shape index (κ1) is 17.9. The van der Waals surface area contributed by atoms with Crippen LogP contribution in [0.25, 0.3) is 5.57 Å². The van der Waals surface area contributed by atoms with E-state index in [2.05, 4.69) is 26.0 Å². The fourth-order valence-electron chi connectivity index (χ4n) is 3.01. The van der Waals surface area contributed by atoms with Gasteiger partial charge < -0.3 is 4.74 Å². The number of unbranched alkanes of at least 4 members (excludes halogenated alkanes) is 3. The zero-order valence-electron chi connectivity index (χ0n) is 14.5. The summed E-state index contributed by atoms with van der Waals surface area (Å²) in [4.78, 5) is 0. The van der Waals surface area contributed by atoms with Gasteiger partial charge >= 0.3 is 0 Å². The third kappa shape index (κ3) is 5.04. The number of rotatable bonds is 9. The van der Waals surface area contributed by atoms with Crippen LogP contribution in [-0.2, 0) is 4.74 Å². The van der Waals surface area contributed by atoms with Crippen molar-refractivity contribution in [3.05, 3.63) is 53.9 Å². The summed E-state index contributed by atoms with van der Waals surface area (Å²) in [6.45, 7) is 5.20. The molecule has 0 N–H and O–H groups in total. The number of hydrogen-bond donors (Lipinski definition) is 0. The van der Waals surface area contributed by atoms with Gasteiger partial charge in [-0.25, -0.2) is 4.39 Å². The molecule has 2 rings (SSSR count). The molecule has 0 aliphatic heterocycles. The van der Waals surface area contributed by atoms with Crippen molar-refractivity contribution in [2.75, 3.05) is 6.61 Å². The molecule has 0 spiro atoms. The van der Waals surface area contributed by atoms with Gasteiger partial charge in [-0.3, -0.25) is 0 Å². The molecule has 0 aromatic heterocycles. The maximum atomic E-state index is 14.0. The van der Waals surface area contributed by atoms with Crippen LogP contribution < -0.4 is 0 Å². The molecular formula is C21H29FO. The molecule has 0 fully saturated rings. The molecule has 1 nitrogen and oxygen atoms in total. The Morgan fingerprint density at radius 1 is 1.09 bits per heavy atom. The molecule has 2 heteroatoms. The summed E-state index contributed by atoms with van der Waals surface area (Å²) in [7, 11) is 0. The summed E-state index contributed by atoms with van der Waals surface area (Å²) >= 11 is 0. The van der Waals surface area contributed by atoms with Crippen molar-refractivity contribution in [2.24, 2.45) is 0 Å². The number of halogens is 1. The lowest BCUT2D eigenvalue weighted by Crippen LogP contribution is -2.31. The van der Waals surface area contributed by atoms with Crippen LogP contribution in [-0.4, -0.2) is 12.2 Å². The predicted molar refractivity (Wildman–Crippen MR) is 95.9 cm³/mol. The fourth-order valence-corrected chi connectivity index (χ4v) is 3.01. The zero-order chi connectivity index (χ0) is 16.5. The quantitative estimate of drug-likeness (QED) is 0.485. The van der Waals surface area contributed by atoms with Gasteiger partial charge in [-0.15, -0.1) is 0 Å². The van der Waals surface area contributed by atoms with E-state index >= 15 is 0 Å². The van der Waals surface area contributed by atoms with E-state index in [0.29, 0.717) is 5.56 Å². The minimum atomic E-state index is -0.195. The van der Waals surface area contributed by atoms with Gasteiger partial charge in [-0.1, -0.05) is 76.0 Å². The van der Waals surface area contributed by atoms with Gasteiger partial charge in [0.2, 0.25) is 0 Å². The summed E-state index contributed by atoms with van der Waals surface area (Å²) in [5.41, 5.74) is 1.45. The lowest BCUT2D eigenvalue weighted by molar-refractivity contribution is -0.0159. The van der Waals surface area contributed by atoms with Crippen molar-refractivity contribution in [3.63, 3.8) is 0 Å². The monoisotopic (exact) mass is 316 g/mol. The highest BCUT2D eigenvalue weighted by atomic mass is 19.1. The number of allylic oxidation sites excluding steroid dienone is 2. The molecule has 1 aliphatic rings. The SMILES string of the molecule is CCCCCC1(OCCCC)C=CC(c2ccccc2F)=CC1. The first-order chi connectivity index (χ1) is 11.2. The second-order valence-corrected chi connectivity index (χ2v) is 6.40.